The van der Waals surface area contributed by atoms with Gasteiger partial charge in [-0.05, 0) is 19.3 Å². The van der Waals surface area contributed by atoms with E-state index in [4.69, 9.17) is 76.6 Å². The second-order valence-corrected chi connectivity index (χ2v) is 22.4. The Kier molecular flexibility index (Phi) is 105. The third-order valence-electron chi connectivity index (χ3n) is 13.7. The number of carbonyl (C=O) groups is 3. The molecule has 0 aliphatic heterocycles. The molecule has 0 bridgehead atoms. The molecule has 0 amide bonds. The van der Waals surface area contributed by atoms with Crippen LogP contribution in [0, 0.1) is 0 Å². The fourth-order valence-corrected chi connectivity index (χ4v) is 8.17. The van der Waals surface area contributed by atoms with Crippen LogP contribution < -0.4 is 0 Å². The zero-order valence-corrected chi connectivity index (χ0v) is 54.3. The van der Waals surface area contributed by atoms with E-state index in [1.54, 1.807) is 0 Å². The quantitative estimate of drug-likeness (QED) is 0.0252. The lowest BCUT2D eigenvalue weighted by Crippen LogP contribution is -2.15. The standard InChI is InChI=1S/3C18H36O2.4C3H8O3/c3*1-2-3-4-5-6-7-8-9-10-11-12-13-14-15-16-17-18(19)20;4*4-1-3(6)2-5/h3*2-17H2,1H3,(H,19,20);4*3-6H,1-2H2. The van der Waals surface area contributed by atoms with Crippen LogP contribution in [0.5, 0.6) is 0 Å². The Bertz CT molecular complexity index is 996. The zero-order chi connectivity index (χ0) is 64.6. The third kappa shape index (κ3) is 118. The molecular weight excluding hydrogens is 1080 g/mol. The summed E-state index contributed by atoms with van der Waals surface area (Å²) in [5.74, 6) is -1.96. The van der Waals surface area contributed by atoms with Gasteiger partial charge in [-0.2, -0.15) is 0 Å². The molecule has 0 aliphatic rings. The minimum Gasteiger partial charge on any atom is -0.481 e. The van der Waals surface area contributed by atoms with Gasteiger partial charge in [-0.25, -0.2) is 0 Å². The van der Waals surface area contributed by atoms with Crippen LogP contribution >= 0.6 is 0 Å². The van der Waals surface area contributed by atoms with Gasteiger partial charge in [-0.15, -0.1) is 0 Å². The minimum atomic E-state index is -0.954. The summed E-state index contributed by atoms with van der Waals surface area (Å²) >= 11 is 0. The van der Waals surface area contributed by atoms with Crippen molar-refractivity contribution in [1.82, 2.24) is 0 Å². The molecule has 0 aromatic carbocycles. The maximum absolute atomic E-state index is 10.3. The van der Waals surface area contributed by atoms with E-state index in [0.717, 1.165) is 38.5 Å². The summed E-state index contributed by atoms with van der Waals surface area (Å²) in [4.78, 5) is 31.0. The number of aliphatic carboxylic acids is 3. The molecule has 18 heteroatoms. The second kappa shape index (κ2) is 92.1. The molecule has 0 saturated carbocycles. The fraction of sp³-hybridized carbons (Fsp3) is 0.955. The number of aliphatic hydroxyl groups excluding tert-OH is 12. The number of carboxylic acids is 3. The predicted octanol–water partition coefficient (Wildman–Crippen LogP) is 12.3. The van der Waals surface area contributed by atoms with Gasteiger partial charge >= 0.3 is 17.9 Å². The van der Waals surface area contributed by atoms with Crippen molar-refractivity contribution < 1.29 is 91.0 Å². The molecule has 0 rings (SSSR count). The normalized spacial score (nSPS) is 10.6. The van der Waals surface area contributed by atoms with Crippen LogP contribution in [0.25, 0.3) is 0 Å². The summed E-state index contributed by atoms with van der Waals surface area (Å²) in [6.45, 7) is 3.89. The first-order valence-electron chi connectivity index (χ1n) is 33.8. The average Bonchev–Trinajstić information content (AvgIpc) is 3.49. The minimum absolute atomic E-state index is 0.345. The zero-order valence-electron chi connectivity index (χ0n) is 54.3. The van der Waals surface area contributed by atoms with Gasteiger partial charge < -0.3 is 76.6 Å². The van der Waals surface area contributed by atoms with Crippen LogP contribution in [-0.4, -0.2) is 172 Å². The Morgan fingerprint density at radius 1 is 0.202 bits per heavy atom. The number of aliphatic hydroxyl groups is 12. The van der Waals surface area contributed by atoms with E-state index in [-0.39, 0.29) is 52.9 Å². The molecule has 512 valence electrons. The van der Waals surface area contributed by atoms with Crippen molar-refractivity contribution >= 4 is 17.9 Å². The van der Waals surface area contributed by atoms with Crippen molar-refractivity contribution in [3.63, 3.8) is 0 Å². The first-order chi connectivity index (χ1) is 40.5. The maximum atomic E-state index is 10.3. The Balaban J connectivity index is -0.000000177. The fourth-order valence-electron chi connectivity index (χ4n) is 8.17. The summed E-state index contributed by atoms with van der Waals surface area (Å²) in [6, 6.07) is 0. The second-order valence-electron chi connectivity index (χ2n) is 22.4. The highest BCUT2D eigenvalue weighted by Gasteiger charge is 2.01. The highest BCUT2D eigenvalue weighted by molar-refractivity contribution is 5.67. The Morgan fingerprint density at radius 2 is 0.298 bits per heavy atom. The topological polar surface area (TPSA) is 355 Å². The first-order valence-corrected chi connectivity index (χ1v) is 33.8. The van der Waals surface area contributed by atoms with Gasteiger partial charge in [-0.1, -0.05) is 290 Å². The van der Waals surface area contributed by atoms with E-state index in [0.29, 0.717) is 19.3 Å². The van der Waals surface area contributed by atoms with Crippen molar-refractivity contribution in [2.75, 3.05) is 52.9 Å². The summed E-state index contributed by atoms with van der Waals surface area (Å²) in [5.41, 5.74) is 0. The predicted molar refractivity (Wildman–Crippen MR) is 342 cm³/mol. The van der Waals surface area contributed by atoms with E-state index in [1.807, 2.05) is 0 Å². The lowest BCUT2D eigenvalue weighted by Gasteiger charge is -2.03. The average molecular weight is 1220 g/mol. The van der Waals surface area contributed by atoms with E-state index >= 15 is 0 Å². The molecule has 0 aromatic rings. The monoisotopic (exact) mass is 1220 g/mol. The molecule has 0 atom stereocenters. The van der Waals surface area contributed by atoms with E-state index < -0.39 is 42.3 Å². The highest BCUT2D eigenvalue weighted by Crippen LogP contribution is 2.17. The van der Waals surface area contributed by atoms with Crippen LogP contribution in [0.15, 0.2) is 0 Å². The van der Waals surface area contributed by atoms with E-state index in [2.05, 4.69) is 20.8 Å². The van der Waals surface area contributed by atoms with Gasteiger partial charge in [0.05, 0.1) is 52.9 Å². The molecule has 0 unspecified atom stereocenters. The molecule has 0 saturated heterocycles. The van der Waals surface area contributed by atoms with Gasteiger partial charge in [0.1, 0.15) is 24.4 Å². The van der Waals surface area contributed by atoms with Crippen LogP contribution in [0.4, 0.5) is 0 Å². The van der Waals surface area contributed by atoms with Crippen molar-refractivity contribution in [2.45, 2.75) is 353 Å². The van der Waals surface area contributed by atoms with Crippen molar-refractivity contribution in [3.8, 4) is 0 Å². The van der Waals surface area contributed by atoms with Crippen LogP contribution in [-0.2, 0) is 14.4 Å². The van der Waals surface area contributed by atoms with E-state index in [1.165, 1.54) is 250 Å². The van der Waals surface area contributed by atoms with Gasteiger partial charge in [0.2, 0.25) is 0 Å². The summed E-state index contributed by atoms with van der Waals surface area (Å²) < 4.78 is 0. The Labute approximate surface area is 513 Å². The van der Waals surface area contributed by atoms with Crippen molar-refractivity contribution in [2.24, 2.45) is 0 Å². The molecule has 15 N–H and O–H groups in total. The lowest BCUT2D eigenvalue weighted by atomic mass is 10.0. The molecule has 0 radical (unpaired) electrons. The van der Waals surface area contributed by atoms with Gasteiger partial charge in [0, 0.05) is 19.3 Å². The lowest BCUT2D eigenvalue weighted by molar-refractivity contribution is -0.138. The summed E-state index contributed by atoms with van der Waals surface area (Å²) in [5, 5.41) is 122. The van der Waals surface area contributed by atoms with Gasteiger partial charge in [-0.3, -0.25) is 14.4 Å². The van der Waals surface area contributed by atoms with Crippen LogP contribution in [0.3, 0.4) is 0 Å². The highest BCUT2D eigenvalue weighted by atomic mass is 16.4. The molecule has 18 nitrogen and oxygen atoms in total. The molecule has 0 aromatic heterocycles. The molecular formula is C66H140O18. The first kappa shape index (κ1) is 95.6. The summed E-state index contributed by atoms with van der Waals surface area (Å²) in [7, 11) is 0. The number of unbranched alkanes of at least 4 members (excludes halogenated alkanes) is 42. The SMILES string of the molecule is CCCCCCCCCCCCCCCCCC(=O)O.CCCCCCCCCCCCCCCCCC(=O)O.CCCCCCCCCCCCCCCCCC(=O)O.OCC(O)CO.OCC(O)CO.OCC(O)CO.OCC(O)CO. The van der Waals surface area contributed by atoms with Crippen molar-refractivity contribution in [1.29, 1.82) is 0 Å². The molecule has 0 fully saturated rings. The van der Waals surface area contributed by atoms with Crippen molar-refractivity contribution in [3.05, 3.63) is 0 Å². The molecule has 0 spiro atoms. The third-order valence-corrected chi connectivity index (χ3v) is 13.7. The Hall–Kier alpha value is -2.07. The number of hydrogen-bond donors (Lipinski definition) is 15. The Morgan fingerprint density at radius 3 is 0.369 bits per heavy atom. The molecule has 0 aliphatic carbocycles. The number of hydrogen-bond acceptors (Lipinski definition) is 15. The van der Waals surface area contributed by atoms with Crippen LogP contribution in [0.1, 0.15) is 329 Å². The number of carboxylic acid groups (broad SMARTS) is 3. The molecule has 0 heterocycles. The number of rotatable bonds is 56. The van der Waals surface area contributed by atoms with Gasteiger partial charge in [0.25, 0.3) is 0 Å². The summed E-state index contributed by atoms with van der Waals surface area (Å²) in [6.07, 6.45) is 56.8. The van der Waals surface area contributed by atoms with E-state index in [9.17, 15) is 14.4 Å². The largest absolute Gasteiger partial charge is 0.481 e. The smallest absolute Gasteiger partial charge is 0.303 e. The maximum Gasteiger partial charge on any atom is 0.303 e. The van der Waals surface area contributed by atoms with Gasteiger partial charge in [0.15, 0.2) is 0 Å². The van der Waals surface area contributed by atoms with Crippen LogP contribution in [0.2, 0.25) is 0 Å². The molecule has 84 heavy (non-hydrogen) atoms.